The van der Waals surface area contributed by atoms with Crippen LogP contribution in [0.3, 0.4) is 0 Å². The van der Waals surface area contributed by atoms with Crippen molar-refractivity contribution < 1.29 is 0 Å². The Balaban J connectivity index is 1.67. The molecule has 0 fully saturated rings. The van der Waals surface area contributed by atoms with Gasteiger partial charge in [-0.25, -0.2) is 0 Å². The molecule has 0 radical (unpaired) electrons. The number of rotatable bonds is 6. The number of nitrogens with one attached hydrogen (secondary N) is 1. The smallest absolute Gasteiger partial charge is 0.210 e. The van der Waals surface area contributed by atoms with Crippen molar-refractivity contribution in [3.05, 3.63) is 60.2 Å². The Morgan fingerprint density at radius 3 is 2.45 bits per heavy atom. The van der Waals surface area contributed by atoms with Gasteiger partial charge >= 0.3 is 0 Å². The second kappa shape index (κ2) is 7.18. The van der Waals surface area contributed by atoms with Crippen molar-refractivity contribution >= 4 is 22.2 Å². The van der Waals surface area contributed by atoms with Crippen LogP contribution in [0.25, 0.3) is 10.6 Å². The first-order valence-electron chi connectivity index (χ1n) is 7.60. The Hall–Kier alpha value is -2.20. The standard InChI is InChI=1S/C18H19N3S/c1-2-3-7-14-10-12-16(13-11-14)19-18-21-20-17(22-18)15-8-5-4-6-9-15/h4-6,8-13H,2-3,7H2,1H3,(H,19,21). The van der Waals surface area contributed by atoms with Gasteiger partial charge in [0.1, 0.15) is 5.01 Å². The third kappa shape index (κ3) is 3.71. The molecular formula is C18H19N3S. The molecule has 3 aromatic rings. The maximum absolute atomic E-state index is 4.25. The molecule has 0 unspecified atom stereocenters. The second-order valence-electron chi connectivity index (χ2n) is 5.20. The summed E-state index contributed by atoms with van der Waals surface area (Å²) >= 11 is 1.57. The van der Waals surface area contributed by atoms with Crippen LogP contribution in [0, 0.1) is 0 Å². The van der Waals surface area contributed by atoms with Gasteiger partial charge in [-0.15, -0.1) is 10.2 Å². The summed E-state index contributed by atoms with van der Waals surface area (Å²) in [6, 6.07) is 18.7. The van der Waals surface area contributed by atoms with Crippen LogP contribution in [0.1, 0.15) is 25.3 Å². The zero-order valence-corrected chi connectivity index (χ0v) is 13.4. The van der Waals surface area contributed by atoms with E-state index in [0.29, 0.717) is 0 Å². The van der Waals surface area contributed by atoms with E-state index in [1.54, 1.807) is 11.3 Å². The number of benzene rings is 2. The molecule has 2 aromatic carbocycles. The summed E-state index contributed by atoms with van der Waals surface area (Å²) in [7, 11) is 0. The quantitative estimate of drug-likeness (QED) is 0.672. The van der Waals surface area contributed by atoms with E-state index in [1.807, 2.05) is 30.3 Å². The monoisotopic (exact) mass is 309 g/mol. The highest BCUT2D eigenvalue weighted by atomic mass is 32.1. The number of aromatic nitrogens is 2. The third-order valence-electron chi connectivity index (χ3n) is 3.47. The highest BCUT2D eigenvalue weighted by Crippen LogP contribution is 2.28. The number of anilines is 2. The molecule has 22 heavy (non-hydrogen) atoms. The number of unbranched alkanes of at least 4 members (excludes halogenated alkanes) is 1. The molecule has 0 atom stereocenters. The third-order valence-corrected chi connectivity index (χ3v) is 4.36. The predicted molar refractivity (Wildman–Crippen MR) is 93.7 cm³/mol. The summed E-state index contributed by atoms with van der Waals surface area (Å²) in [5.41, 5.74) is 3.54. The first-order chi connectivity index (χ1) is 10.8. The minimum atomic E-state index is 0.820. The lowest BCUT2D eigenvalue weighted by Crippen LogP contribution is -1.90. The zero-order valence-electron chi connectivity index (χ0n) is 12.6. The summed E-state index contributed by atoms with van der Waals surface area (Å²) in [6.45, 7) is 2.22. The summed E-state index contributed by atoms with van der Waals surface area (Å²) < 4.78 is 0. The Morgan fingerprint density at radius 1 is 0.955 bits per heavy atom. The van der Waals surface area contributed by atoms with Gasteiger partial charge in [0.05, 0.1) is 0 Å². The molecule has 3 rings (SSSR count). The van der Waals surface area contributed by atoms with Crippen molar-refractivity contribution in [1.82, 2.24) is 10.2 Å². The molecule has 0 amide bonds. The minimum absolute atomic E-state index is 0.820. The molecule has 4 heteroatoms. The van der Waals surface area contributed by atoms with Crippen LogP contribution in [0.15, 0.2) is 54.6 Å². The zero-order chi connectivity index (χ0) is 15.2. The molecule has 0 aliphatic heterocycles. The fourth-order valence-corrected chi connectivity index (χ4v) is 3.00. The summed E-state index contributed by atoms with van der Waals surface area (Å²) in [6.07, 6.45) is 3.62. The summed E-state index contributed by atoms with van der Waals surface area (Å²) in [5, 5.41) is 13.5. The van der Waals surface area contributed by atoms with E-state index in [9.17, 15) is 0 Å². The number of hydrogen-bond acceptors (Lipinski definition) is 4. The summed E-state index contributed by atoms with van der Waals surface area (Å²) in [5.74, 6) is 0. The summed E-state index contributed by atoms with van der Waals surface area (Å²) in [4.78, 5) is 0. The number of aryl methyl sites for hydroxylation is 1. The van der Waals surface area contributed by atoms with Crippen molar-refractivity contribution in [3.63, 3.8) is 0 Å². The van der Waals surface area contributed by atoms with Gasteiger partial charge in [0, 0.05) is 11.3 Å². The molecule has 1 aromatic heterocycles. The van der Waals surface area contributed by atoms with E-state index < -0.39 is 0 Å². The highest BCUT2D eigenvalue weighted by Gasteiger charge is 2.06. The molecule has 0 aliphatic rings. The average Bonchev–Trinajstić information content (AvgIpc) is 3.04. The lowest BCUT2D eigenvalue weighted by atomic mass is 10.1. The largest absolute Gasteiger partial charge is 0.330 e. The minimum Gasteiger partial charge on any atom is -0.330 e. The van der Waals surface area contributed by atoms with Crippen molar-refractivity contribution in [2.75, 3.05) is 5.32 Å². The fraction of sp³-hybridized carbons (Fsp3) is 0.222. The van der Waals surface area contributed by atoms with Gasteiger partial charge in [-0.05, 0) is 30.5 Å². The van der Waals surface area contributed by atoms with E-state index in [1.165, 1.54) is 18.4 Å². The Labute approximate surface area is 135 Å². The molecule has 1 heterocycles. The molecular weight excluding hydrogens is 290 g/mol. The van der Waals surface area contributed by atoms with E-state index >= 15 is 0 Å². The average molecular weight is 309 g/mol. The Morgan fingerprint density at radius 2 is 1.73 bits per heavy atom. The molecule has 112 valence electrons. The van der Waals surface area contributed by atoms with Crippen molar-refractivity contribution in [1.29, 1.82) is 0 Å². The molecule has 0 bridgehead atoms. The molecule has 0 spiro atoms. The maximum atomic E-state index is 4.25. The number of nitrogens with zero attached hydrogens (tertiary/aromatic N) is 2. The molecule has 3 nitrogen and oxygen atoms in total. The Kier molecular flexibility index (Phi) is 4.81. The first-order valence-corrected chi connectivity index (χ1v) is 8.41. The molecule has 0 saturated carbocycles. The van der Waals surface area contributed by atoms with Crippen LogP contribution < -0.4 is 5.32 Å². The van der Waals surface area contributed by atoms with Gasteiger partial charge < -0.3 is 5.32 Å². The lowest BCUT2D eigenvalue weighted by molar-refractivity contribution is 0.795. The molecule has 0 saturated heterocycles. The van der Waals surface area contributed by atoms with Crippen molar-refractivity contribution in [3.8, 4) is 10.6 Å². The SMILES string of the molecule is CCCCc1ccc(Nc2nnc(-c3ccccc3)s2)cc1. The fourth-order valence-electron chi connectivity index (χ4n) is 2.23. The Bertz CT molecular complexity index is 705. The van der Waals surface area contributed by atoms with Crippen LogP contribution in [-0.4, -0.2) is 10.2 Å². The van der Waals surface area contributed by atoms with Crippen LogP contribution in [0.4, 0.5) is 10.8 Å². The van der Waals surface area contributed by atoms with E-state index in [-0.39, 0.29) is 0 Å². The van der Waals surface area contributed by atoms with Gasteiger partial charge in [-0.3, -0.25) is 0 Å². The molecule has 0 aliphatic carbocycles. The van der Waals surface area contributed by atoms with Crippen LogP contribution in [-0.2, 0) is 6.42 Å². The lowest BCUT2D eigenvalue weighted by Gasteiger charge is -2.04. The van der Waals surface area contributed by atoms with Gasteiger partial charge in [0.2, 0.25) is 5.13 Å². The molecule has 1 N–H and O–H groups in total. The second-order valence-corrected chi connectivity index (χ2v) is 6.18. The van der Waals surface area contributed by atoms with Crippen molar-refractivity contribution in [2.24, 2.45) is 0 Å². The van der Waals surface area contributed by atoms with Gasteiger partial charge in [-0.1, -0.05) is 67.1 Å². The first kappa shape index (κ1) is 14.7. The topological polar surface area (TPSA) is 37.8 Å². The van der Waals surface area contributed by atoms with Gasteiger partial charge in [-0.2, -0.15) is 0 Å². The maximum Gasteiger partial charge on any atom is 0.210 e. The predicted octanol–water partition coefficient (Wildman–Crippen LogP) is 5.29. The van der Waals surface area contributed by atoms with Gasteiger partial charge in [0.15, 0.2) is 0 Å². The normalized spacial score (nSPS) is 10.6. The van der Waals surface area contributed by atoms with E-state index in [2.05, 4.69) is 46.7 Å². The van der Waals surface area contributed by atoms with E-state index in [0.717, 1.165) is 27.8 Å². The highest BCUT2D eigenvalue weighted by molar-refractivity contribution is 7.18. The van der Waals surface area contributed by atoms with Crippen LogP contribution in [0.5, 0.6) is 0 Å². The van der Waals surface area contributed by atoms with Crippen LogP contribution in [0.2, 0.25) is 0 Å². The van der Waals surface area contributed by atoms with Gasteiger partial charge in [0.25, 0.3) is 0 Å². The number of hydrogen-bond donors (Lipinski definition) is 1. The van der Waals surface area contributed by atoms with E-state index in [4.69, 9.17) is 0 Å². The van der Waals surface area contributed by atoms with Crippen LogP contribution >= 0.6 is 11.3 Å². The van der Waals surface area contributed by atoms with Crippen molar-refractivity contribution in [2.45, 2.75) is 26.2 Å².